The first kappa shape index (κ1) is 23.9. The fourth-order valence-electron chi connectivity index (χ4n) is 4.32. The maximum absolute atomic E-state index is 10.6. The predicted molar refractivity (Wildman–Crippen MR) is 138 cm³/mol. The van der Waals surface area contributed by atoms with E-state index in [9.17, 15) is 5.11 Å². The first-order valence-electron chi connectivity index (χ1n) is 11.7. The van der Waals surface area contributed by atoms with Crippen molar-refractivity contribution in [3.8, 4) is 5.75 Å². The Morgan fingerprint density at radius 2 is 1.47 bits per heavy atom. The number of likely N-dealkylation sites (N-methyl/N-ethyl adjacent to an activating group) is 2. The van der Waals surface area contributed by atoms with Gasteiger partial charge in [0.1, 0.15) is 18.5 Å². The van der Waals surface area contributed by atoms with Crippen LogP contribution in [-0.4, -0.2) is 66.3 Å². The van der Waals surface area contributed by atoms with Gasteiger partial charge in [0.25, 0.3) is 0 Å². The fourth-order valence-corrected chi connectivity index (χ4v) is 4.32. The topological polar surface area (TPSA) is 48.8 Å². The Kier molecular flexibility index (Phi) is 8.26. The molecular formula is C29H33N3O2. The van der Waals surface area contributed by atoms with Crippen molar-refractivity contribution < 1.29 is 9.84 Å². The van der Waals surface area contributed by atoms with E-state index in [0.717, 1.165) is 29.7 Å². The van der Waals surface area contributed by atoms with Gasteiger partial charge < -0.3 is 14.7 Å². The summed E-state index contributed by atoms with van der Waals surface area (Å²) < 4.78 is 5.93. The molecule has 1 unspecified atom stereocenters. The van der Waals surface area contributed by atoms with Gasteiger partial charge in [-0.3, -0.25) is 9.88 Å². The van der Waals surface area contributed by atoms with Gasteiger partial charge >= 0.3 is 0 Å². The third kappa shape index (κ3) is 6.20. The van der Waals surface area contributed by atoms with E-state index in [1.807, 2.05) is 37.4 Å². The van der Waals surface area contributed by atoms with Crippen molar-refractivity contribution >= 4 is 10.9 Å². The molecule has 1 N–H and O–H groups in total. The number of nitrogens with zero attached hydrogens (tertiary/aromatic N) is 3. The molecule has 0 aliphatic carbocycles. The highest BCUT2D eigenvalue weighted by atomic mass is 16.5. The first-order valence-corrected chi connectivity index (χ1v) is 11.7. The molecule has 0 spiro atoms. The van der Waals surface area contributed by atoms with Crippen LogP contribution in [0, 0.1) is 0 Å². The van der Waals surface area contributed by atoms with Crippen LogP contribution in [0.25, 0.3) is 10.9 Å². The molecule has 4 aromatic rings. The molecule has 3 aromatic carbocycles. The molecular weight excluding hydrogens is 422 g/mol. The molecule has 0 radical (unpaired) electrons. The number of aromatic nitrogens is 1. The van der Waals surface area contributed by atoms with Crippen LogP contribution in [0.4, 0.5) is 0 Å². The molecule has 0 aliphatic rings. The van der Waals surface area contributed by atoms with Crippen LogP contribution < -0.4 is 4.74 Å². The van der Waals surface area contributed by atoms with E-state index in [4.69, 9.17) is 4.74 Å². The number of ether oxygens (including phenoxy) is 1. The summed E-state index contributed by atoms with van der Waals surface area (Å²) in [6.45, 7) is 2.48. The smallest absolute Gasteiger partial charge is 0.128 e. The van der Waals surface area contributed by atoms with Gasteiger partial charge in [-0.1, -0.05) is 66.7 Å². The van der Waals surface area contributed by atoms with E-state index >= 15 is 0 Å². The van der Waals surface area contributed by atoms with Gasteiger partial charge in [0.2, 0.25) is 0 Å². The average Bonchev–Trinajstić information content (AvgIpc) is 2.87. The zero-order chi connectivity index (χ0) is 23.8. The summed E-state index contributed by atoms with van der Waals surface area (Å²) in [6, 6.07) is 31.1. The molecule has 0 aliphatic heterocycles. The van der Waals surface area contributed by atoms with Gasteiger partial charge in [-0.05, 0) is 49.5 Å². The van der Waals surface area contributed by atoms with Crippen LogP contribution in [0.3, 0.4) is 0 Å². The second kappa shape index (κ2) is 11.7. The quantitative estimate of drug-likeness (QED) is 0.357. The molecule has 1 aromatic heterocycles. The Morgan fingerprint density at radius 1 is 0.794 bits per heavy atom. The van der Waals surface area contributed by atoms with Crippen molar-refractivity contribution in [2.45, 2.75) is 12.1 Å². The van der Waals surface area contributed by atoms with Gasteiger partial charge in [0, 0.05) is 31.2 Å². The minimum Gasteiger partial charge on any atom is -0.490 e. The molecule has 5 nitrogen and oxygen atoms in total. The Hall–Kier alpha value is -3.25. The zero-order valence-corrected chi connectivity index (χ0v) is 19.9. The second-order valence-corrected chi connectivity index (χ2v) is 8.76. The monoisotopic (exact) mass is 455 g/mol. The summed E-state index contributed by atoms with van der Waals surface area (Å²) in [5.41, 5.74) is 3.44. The van der Waals surface area contributed by atoms with Crippen LogP contribution in [0.5, 0.6) is 5.75 Å². The Morgan fingerprint density at radius 3 is 2.15 bits per heavy atom. The SMILES string of the molecule is CN(CCN(C)C(c1ccccc1)c1ccccc1)CC(O)COc1cccc2ncccc12. The molecule has 0 bridgehead atoms. The van der Waals surface area contributed by atoms with Crippen molar-refractivity contribution in [2.75, 3.05) is 40.3 Å². The van der Waals surface area contributed by atoms with E-state index in [2.05, 4.69) is 82.5 Å². The highest BCUT2D eigenvalue weighted by Gasteiger charge is 2.19. The number of pyridine rings is 1. The molecule has 0 saturated carbocycles. The Balaban J connectivity index is 1.31. The van der Waals surface area contributed by atoms with E-state index in [-0.39, 0.29) is 12.6 Å². The van der Waals surface area contributed by atoms with Crippen LogP contribution in [0.1, 0.15) is 17.2 Å². The lowest BCUT2D eigenvalue weighted by Crippen LogP contribution is -2.38. The highest BCUT2D eigenvalue weighted by Crippen LogP contribution is 2.27. The first-order chi connectivity index (χ1) is 16.6. The summed E-state index contributed by atoms with van der Waals surface area (Å²) >= 11 is 0. The lowest BCUT2D eigenvalue weighted by atomic mass is 9.97. The second-order valence-electron chi connectivity index (χ2n) is 8.76. The van der Waals surface area contributed by atoms with Crippen LogP contribution in [-0.2, 0) is 0 Å². The summed E-state index contributed by atoms with van der Waals surface area (Å²) in [6.07, 6.45) is 1.19. The maximum atomic E-state index is 10.6. The van der Waals surface area contributed by atoms with E-state index in [0.29, 0.717) is 6.54 Å². The third-order valence-electron chi connectivity index (χ3n) is 6.07. The lowest BCUT2D eigenvalue weighted by Gasteiger charge is -2.31. The number of rotatable bonds is 11. The van der Waals surface area contributed by atoms with Gasteiger partial charge in [0.05, 0.1) is 11.6 Å². The average molecular weight is 456 g/mol. The molecule has 0 fully saturated rings. The largest absolute Gasteiger partial charge is 0.490 e. The van der Waals surface area contributed by atoms with E-state index in [1.54, 1.807) is 6.20 Å². The number of hydrogen-bond donors (Lipinski definition) is 1. The van der Waals surface area contributed by atoms with Crippen molar-refractivity contribution in [3.05, 3.63) is 108 Å². The molecule has 1 heterocycles. The molecule has 0 amide bonds. The number of aliphatic hydroxyl groups is 1. The minimum atomic E-state index is -0.582. The zero-order valence-electron chi connectivity index (χ0n) is 19.9. The predicted octanol–water partition coefficient (Wildman–Crippen LogP) is 4.63. The van der Waals surface area contributed by atoms with Crippen molar-refractivity contribution in [1.29, 1.82) is 0 Å². The summed E-state index contributed by atoms with van der Waals surface area (Å²) in [7, 11) is 4.20. The van der Waals surface area contributed by atoms with Crippen molar-refractivity contribution in [2.24, 2.45) is 0 Å². The van der Waals surface area contributed by atoms with E-state index in [1.165, 1.54) is 11.1 Å². The molecule has 4 rings (SSSR count). The normalized spacial score (nSPS) is 12.5. The van der Waals surface area contributed by atoms with Gasteiger partial charge in [-0.15, -0.1) is 0 Å². The maximum Gasteiger partial charge on any atom is 0.128 e. The molecule has 5 heteroatoms. The van der Waals surface area contributed by atoms with Gasteiger partial charge in [-0.2, -0.15) is 0 Å². The number of benzene rings is 3. The fraction of sp³-hybridized carbons (Fsp3) is 0.276. The lowest BCUT2D eigenvalue weighted by molar-refractivity contribution is 0.0734. The Bertz CT molecular complexity index is 1110. The van der Waals surface area contributed by atoms with Crippen molar-refractivity contribution in [1.82, 2.24) is 14.8 Å². The molecule has 0 saturated heterocycles. The minimum absolute atomic E-state index is 0.184. The summed E-state index contributed by atoms with van der Waals surface area (Å²) in [5.74, 6) is 0.751. The van der Waals surface area contributed by atoms with Crippen molar-refractivity contribution in [3.63, 3.8) is 0 Å². The van der Waals surface area contributed by atoms with Crippen LogP contribution >= 0.6 is 0 Å². The highest BCUT2D eigenvalue weighted by molar-refractivity contribution is 5.84. The number of hydrogen-bond acceptors (Lipinski definition) is 5. The number of fused-ring (bicyclic) bond motifs is 1. The Labute approximate surface area is 202 Å². The van der Waals surface area contributed by atoms with Crippen LogP contribution in [0.15, 0.2) is 97.2 Å². The van der Waals surface area contributed by atoms with Crippen LogP contribution in [0.2, 0.25) is 0 Å². The van der Waals surface area contributed by atoms with Gasteiger partial charge in [-0.25, -0.2) is 0 Å². The summed E-state index contributed by atoms with van der Waals surface area (Å²) in [5, 5.41) is 11.5. The van der Waals surface area contributed by atoms with Gasteiger partial charge in [0.15, 0.2) is 0 Å². The molecule has 34 heavy (non-hydrogen) atoms. The molecule has 176 valence electrons. The summed E-state index contributed by atoms with van der Waals surface area (Å²) in [4.78, 5) is 8.88. The van der Waals surface area contributed by atoms with E-state index < -0.39 is 6.10 Å². The third-order valence-corrected chi connectivity index (χ3v) is 6.07. The number of aliphatic hydroxyl groups excluding tert-OH is 1. The molecule has 1 atom stereocenters. The standard InChI is InChI=1S/C29H33N3O2/c1-31(21-25(33)22-34-28-17-9-16-27-26(28)15-10-18-30-27)19-20-32(2)29(23-11-5-3-6-12-23)24-13-7-4-8-14-24/h3-18,25,29,33H,19-22H2,1-2H3.